The zero-order valence-electron chi connectivity index (χ0n) is 30.8. The summed E-state index contributed by atoms with van der Waals surface area (Å²) in [6.07, 6.45) is -13.8. The zero-order valence-corrected chi connectivity index (χ0v) is 30.8. The Labute approximate surface area is 301 Å². The third-order valence-electron chi connectivity index (χ3n) is 8.60. The highest BCUT2D eigenvalue weighted by Gasteiger charge is 2.39. The van der Waals surface area contributed by atoms with Gasteiger partial charge < -0.3 is 0 Å². The summed E-state index contributed by atoms with van der Waals surface area (Å²) in [4.78, 5) is 0. The molecule has 0 bridgehead atoms. The van der Waals surface area contributed by atoms with Gasteiger partial charge in [0.1, 0.15) is 17.5 Å². The van der Waals surface area contributed by atoms with Gasteiger partial charge >= 0.3 is 18.5 Å². The van der Waals surface area contributed by atoms with Crippen molar-refractivity contribution < 1.29 is 70.2 Å². The molecule has 0 atom stereocenters. The summed E-state index contributed by atoms with van der Waals surface area (Å²) in [6, 6.07) is 3.75. The molecule has 0 amide bonds. The van der Waals surface area contributed by atoms with Crippen LogP contribution in [0.4, 0.5) is 70.2 Å². The van der Waals surface area contributed by atoms with Crippen LogP contribution in [0.2, 0.25) is 0 Å². The number of hydrogen-bond donors (Lipinski definition) is 0. The topological polar surface area (TPSA) is 0 Å². The molecule has 0 N–H and O–H groups in total. The van der Waals surface area contributed by atoms with Crippen molar-refractivity contribution >= 4 is 0 Å². The van der Waals surface area contributed by atoms with Crippen molar-refractivity contribution in [1.82, 2.24) is 0 Å². The summed E-state index contributed by atoms with van der Waals surface area (Å²) in [5.74, 6) is -8.48. The summed E-state index contributed by atoms with van der Waals surface area (Å²) >= 11 is 0. The average molecular weight is 797 g/mol. The molecule has 4 aromatic rings. The van der Waals surface area contributed by atoms with Crippen LogP contribution in [0.1, 0.15) is 77.9 Å². The van der Waals surface area contributed by atoms with Gasteiger partial charge in [-0.25, -0.2) is 30.7 Å². The number of benzene rings is 4. The summed E-state index contributed by atoms with van der Waals surface area (Å²) in [7, 11) is 0. The van der Waals surface area contributed by atoms with Crippen molar-refractivity contribution in [3.63, 3.8) is 0 Å². The Balaban J connectivity index is 0.000000361. The Morgan fingerprint density at radius 2 is 0.611 bits per heavy atom. The summed E-state index contributed by atoms with van der Waals surface area (Å²) < 4.78 is 202. The Bertz CT molecular complexity index is 1860. The highest BCUT2D eigenvalue weighted by atomic mass is 19.4. The molecule has 0 radical (unpaired) electrons. The minimum atomic E-state index is -5.03. The van der Waals surface area contributed by atoms with E-state index in [0.717, 1.165) is 25.5 Å². The van der Waals surface area contributed by atoms with Crippen molar-refractivity contribution in [1.29, 1.82) is 0 Å². The molecule has 0 saturated heterocycles. The minimum absolute atomic E-state index is 0.0376. The molecule has 0 spiro atoms. The maximum atomic E-state index is 13.3. The van der Waals surface area contributed by atoms with E-state index < -0.39 is 87.1 Å². The fourth-order valence-electron chi connectivity index (χ4n) is 4.83. The zero-order chi connectivity index (χ0) is 42.7. The van der Waals surface area contributed by atoms with Gasteiger partial charge in [-0.15, -0.1) is 0 Å². The van der Waals surface area contributed by atoms with E-state index in [4.69, 9.17) is 0 Å². The van der Waals surface area contributed by atoms with E-state index in [1.807, 2.05) is 6.92 Å². The van der Waals surface area contributed by atoms with Crippen molar-refractivity contribution in [2.75, 3.05) is 0 Å². The quantitative estimate of drug-likeness (QED) is 0.123. The van der Waals surface area contributed by atoms with Crippen LogP contribution in [0, 0.1) is 117 Å². The molecule has 300 valence electrons. The summed E-state index contributed by atoms with van der Waals surface area (Å²) in [5, 5.41) is 0. The van der Waals surface area contributed by atoms with Crippen LogP contribution in [0.15, 0.2) is 18.2 Å². The molecule has 4 rings (SSSR count). The second kappa shape index (κ2) is 17.5. The Morgan fingerprint density at radius 1 is 0.278 bits per heavy atom. The third-order valence-corrected chi connectivity index (χ3v) is 8.60. The normalized spacial score (nSPS) is 11.6. The lowest BCUT2D eigenvalue weighted by atomic mass is 9.99. The van der Waals surface area contributed by atoms with Gasteiger partial charge in [-0.3, -0.25) is 0 Å². The monoisotopic (exact) mass is 796 g/mol. The molecular formula is C38H36F16. The van der Waals surface area contributed by atoms with E-state index in [0.29, 0.717) is 18.1 Å². The largest absolute Gasteiger partial charge is 0.419 e. The standard InChI is InChI=1S/C10H10F4.C10H11F3.C9H6F6.C9H9F3/c1-5-4-8(10(12,13)14)7(3)9(11)6(5)2;1-6-4-8(3)9(5-7(6)2)10(11,12)13;1-3-5(9(13,14)15)6(10)4(2)8(12)7(3)11;1-4-5(2)8(11)9(12)6(3)7(4)10/h4H,1-3H3;4-5H,1-3H3;1-2H3;1-3H3. The lowest BCUT2D eigenvalue weighted by Crippen LogP contribution is -2.15. The molecule has 0 nitrogen and oxygen atoms in total. The van der Waals surface area contributed by atoms with Gasteiger partial charge in [0, 0.05) is 16.7 Å². The van der Waals surface area contributed by atoms with Crippen LogP contribution < -0.4 is 0 Å². The van der Waals surface area contributed by atoms with Crippen molar-refractivity contribution in [3.05, 3.63) is 137 Å². The van der Waals surface area contributed by atoms with Crippen molar-refractivity contribution in [2.45, 2.75) is 94.7 Å². The first kappa shape index (κ1) is 47.8. The van der Waals surface area contributed by atoms with E-state index in [1.54, 1.807) is 13.0 Å². The SMILES string of the molecule is Cc1c(C)c(F)c(F)c(C)c1F.Cc1c(F)c(F)c(C)c(C(F)(F)F)c1F.Cc1cc(C(F)(F)F)c(C)c(F)c1C.Cc1cc(C)c(C(F)(F)F)cc1C. The molecule has 0 fully saturated rings. The van der Waals surface area contributed by atoms with Crippen LogP contribution in [0.5, 0.6) is 0 Å². The smallest absolute Gasteiger partial charge is 0.206 e. The van der Waals surface area contributed by atoms with Crippen LogP contribution in [0.25, 0.3) is 0 Å². The van der Waals surface area contributed by atoms with Gasteiger partial charge in [-0.05, 0) is 133 Å². The highest BCUT2D eigenvalue weighted by molar-refractivity contribution is 5.40. The fraction of sp³-hybridized carbons (Fsp3) is 0.368. The molecule has 0 unspecified atom stereocenters. The Hall–Kier alpha value is -4.24. The number of hydrogen-bond acceptors (Lipinski definition) is 0. The van der Waals surface area contributed by atoms with Gasteiger partial charge in [0.25, 0.3) is 0 Å². The van der Waals surface area contributed by atoms with E-state index in [-0.39, 0.29) is 33.4 Å². The van der Waals surface area contributed by atoms with Gasteiger partial charge in [0.15, 0.2) is 23.3 Å². The van der Waals surface area contributed by atoms with Crippen LogP contribution in [-0.4, -0.2) is 0 Å². The first-order valence-electron chi connectivity index (χ1n) is 15.5. The molecule has 0 heterocycles. The molecule has 0 aliphatic rings. The maximum absolute atomic E-state index is 13.3. The predicted molar refractivity (Wildman–Crippen MR) is 173 cm³/mol. The lowest BCUT2D eigenvalue weighted by molar-refractivity contribution is -0.141. The van der Waals surface area contributed by atoms with Crippen molar-refractivity contribution in [3.8, 4) is 0 Å². The molecule has 0 aliphatic heterocycles. The second-order valence-corrected chi connectivity index (χ2v) is 12.4. The van der Waals surface area contributed by atoms with E-state index in [2.05, 4.69) is 0 Å². The molecule has 0 aliphatic carbocycles. The number of alkyl halides is 9. The number of aryl methyl sites for hydroxylation is 4. The van der Waals surface area contributed by atoms with Crippen LogP contribution in [0.3, 0.4) is 0 Å². The summed E-state index contributed by atoms with van der Waals surface area (Å²) in [5.41, 5.74) is -3.13. The lowest BCUT2D eigenvalue weighted by Gasteiger charge is -2.14. The van der Waals surface area contributed by atoms with E-state index in [1.165, 1.54) is 47.6 Å². The molecule has 54 heavy (non-hydrogen) atoms. The third kappa shape index (κ3) is 10.9. The molecule has 16 heteroatoms. The highest BCUT2D eigenvalue weighted by Crippen LogP contribution is 2.38. The first-order chi connectivity index (χ1) is 24.2. The average Bonchev–Trinajstić information content (AvgIpc) is 3.05. The molecule has 0 saturated carbocycles. The van der Waals surface area contributed by atoms with E-state index >= 15 is 0 Å². The molecule has 4 aromatic carbocycles. The van der Waals surface area contributed by atoms with Gasteiger partial charge in [-0.1, -0.05) is 6.07 Å². The Morgan fingerprint density at radius 3 is 1.04 bits per heavy atom. The number of rotatable bonds is 0. The van der Waals surface area contributed by atoms with Crippen LogP contribution in [-0.2, 0) is 18.5 Å². The van der Waals surface area contributed by atoms with Crippen LogP contribution >= 0.6 is 0 Å². The minimum Gasteiger partial charge on any atom is -0.206 e. The molecular weight excluding hydrogens is 760 g/mol. The van der Waals surface area contributed by atoms with E-state index in [9.17, 15) is 70.2 Å². The fourth-order valence-corrected chi connectivity index (χ4v) is 4.83. The number of halogens is 16. The second-order valence-electron chi connectivity index (χ2n) is 12.4. The van der Waals surface area contributed by atoms with Gasteiger partial charge in [-0.2, -0.15) is 39.5 Å². The van der Waals surface area contributed by atoms with Crippen molar-refractivity contribution in [2.24, 2.45) is 0 Å². The maximum Gasteiger partial charge on any atom is 0.419 e. The van der Waals surface area contributed by atoms with Gasteiger partial charge in [0.05, 0.1) is 16.7 Å². The first-order valence-corrected chi connectivity index (χ1v) is 15.5. The Kier molecular flexibility index (Phi) is 15.5. The molecule has 0 aromatic heterocycles. The summed E-state index contributed by atoms with van der Waals surface area (Å²) in [6.45, 7) is 14.5. The van der Waals surface area contributed by atoms with Gasteiger partial charge in [0.2, 0.25) is 0 Å². The predicted octanol–water partition coefficient (Wildman–Crippen LogP) is 14.2.